The lowest BCUT2D eigenvalue weighted by molar-refractivity contribution is 0.0775. The van der Waals surface area contributed by atoms with E-state index in [1.807, 2.05) is 35.2 Å². The van der Waals surface area contributed by atoms with Crippen molar-refractivity contribution in [3.63, 3.8) is 0 Å². The predicted octanol–water partition coefficient (Wildman–Crippen LogP) is 3.54. The molecule has 1 aromatic carbocycles. The highest BCUT2D eigenvalue weighted by Crippen LogP contribution is 2.24. The number of amides is 1. The molecule has 0 radical (unpaired) electrons. The van der Waals surface area contributed by atoms with Gasteiger partial charge in [0.05, 0.1) is 6.61 Å². The third-order valence-electron chi connectivity index (χ3n) is 5.76. The van der Waals surface area contributed by atoms with Gasteiger partial charge in [0.25, 0.3) is 0 Å². The van der Waals surface area contributed by atoms with E-state index in [4.69, 9.17) is 9.47 Å². The summed E-state index contributed by atoms with van der Waals surface area (Å²) < 4.78 is 10.8. The van der Waals surface area contributed by atoms with Gasteiger partial charge in [-0.3, -0.25) is 4.90 Å². The van der Waals surface area contributed by atoms with Crippen LogP contribution in [0.4, 0.5) is 4.79 Å². The number of nitrogens with zero attached hydrogens (tertiary/aromatic N) is 2. The van der Waals surface area contributed by atoms with Crippen LogP contribution in [0, 0.1) is 5.92 Å². The van der Waals surface area contributed by atoms with Crippen molar-refractivity contribution in [2.75, 3.05) is 39.9 Å². The number of carbonyl (C=O) groups excluding carboxylic acids is 1. The van der Waals surface area contributed by atoms with Crippen molar-refractivity contribution < 1.29 is 14.3 Å². The maximum absolute atomic E-state index is 12.2. The van der Waals surface area contributed by atoms with Gasteiger partial charge < -0.3 is 14.4 Å². The van der Waals surface area contributed by atoms with Gasteiger partial charge in [0.2, 0.25) is 0 Å². The number of carbonyl (C=O) groups is 1. The molecule has 1 aromatic rings. The second-order valence-corrected chi connectivity index (χ2v) is 7.55. The fraction of sp³-hybridized carbons (Fsp3) is 0.667. The summed E-state index contributed by atoms with van der Waals surface area (Å²) >= 11 is 0. The molecule has 1 amide bonds. The Balaban J connectivity index is 1.34. The van der Waals surface area contributed by atoms with Crippen LogP contribution < -0.4 is 0 Å². The first kappa shape index (κ1) is 19.2. The van der Waals surface area contributed by atoms with Crippen LogP contribution in [0.15, 0.2) is 30.3 Å². The summed E-state index contributed by atoms with van der Waals surface area (Å²) in [7, 11) is 1.79. The van der Waals surface area contributed by atoms with Gasteiger partial charge in [-0.15, -0.1) is 0 Å². The van der Waals surface area contributed by atoms with E-state index in [2.05, 4.69) is 4.90 Å². The van der Waals surface area contributed by atoms with Gasteiger partial charge >= 0.3 is 6.09 Å². The Morgan fingerprint density at radius 2 is 1.88 bits per heavy atom. The lowest BCUT2D eigenvalue weighted by atomic mass is 9.93. The zero-order valence-corrected chi connectivity index (χ0v) is 15.9. The average molecular weight is 360 g/mol. The highest BCUT2D eigenvalue weighted by Gasteiger charge is 2.27. The number of benzene rings is 1. The second kappa shape index (κ2) is 9.93. The molecule has 2 aliphatic rings. The molecule has 144 valence electrons. The molecule has 5 heteroatoms. The molecular weight excluding hydrogens is 328 g/mol. The van der Waals surface area contributed by atoms with Crippen LogP contribution >= 0.6 is 0 Å². The van der Waals surface area contributed by atoms with Gasteiger partial charge in [0.15, 0.2) is 0 Å². The summed E-state index contributed by atoms with van der Waals surface area (Å²) in [6.07, 6.45) is 5.78. The molecule has 0 bridgehead atoms. The number of likely N-dealkylation sites (tertiary alicyclic amines) is 2. The minimum Gasteiger partial charge on any atom is -0.445 e. The first-order valence-electron chi connectivity index (χ1n) is 9.95. The largest absolute Gasteiger partial charge is 0.445 e. The standard InChI is InChI=1S/C21H32N2O3/c1-25-17-20-8-5-12-22(20)13-9-18-10-14-23(15-11-18)21(24)26-16-19-6-3-2-4-7-19/h2-4,6-7,18,20H,5,8-17H2,1H3. The van der Waals surface area contributed by atoms with Crippen LogP contribution in [-0.2, 0) is 16.1 Å². The highest BCUT2D eigenvalue weighted by molar-refractivity contribution is 5.67. The smallest absolute Gasteiger partial charge is 0.410 e. The molecule has 1 unspecified atom stereocenters. The van der Waals surface area contributed by atoms with Crippen molar-refractivity contribution in [2.45, 2.75) is 44.8 Å². The normalized spacial score (nSPS) is 21.9. The van der Waals surface area contributed by atoms with Gasteiger partial charge in [-0.25, -0.2) is 4.79 Å². The Kier molecular flexibility index (Phi) is 7.32. The van der Waals surface area contributed by atoms with Crippen LogP contribution in [0.1, 0.15) is 37.7 Å². The molecule has 2 saturated heterocycles. The number of ether oxygens (including phenoxy) is 2. The van der Waals surface area contributed by atoms with Gasteiger partial charge in [0.1, 0.15) is 6.61 Å². The van der Waals surface area contributed by atoms with E-state index < -0.39 is 0 Å². The van der Waals surface area contributed by atoms with Crippen LogP contribution in [-0.4, -0.2) is 61.8 Å². The van der Waals surface area contributed by atoms with Gasteiger partial charge in [-0.1, -0.05) is 30.3 Å². The minimum atomic E-state index is -0.174. The van der Waals surface area contributed by atoms with Gasteiger partial charge in [0, 0.05) is 26.2 Å². The molecule has 26 heavy (non-hydrogen) atoms. The number of hydrogen-bond donors (Lipinski definition) is 0. The van der Waals surface area contributed by atoms with Crippen molar-refractivity contribution >= 4 is 6.09 Å². The topological polar surface area (TPSA) is 42.0 Å². The van der Waals surface area contributed by atoms with Crippen molar-refractivity contribution in [3.8, 4) is 0 Å². The summed E-state index contributed by atoms with van der Waals surface area (Å²) in [6.45, 7) is 5.22. The number of rotatable bonds is 7. The number of piperidine rings is 1. The maximum atomic E-state index is 12.2. The zero-order valence-electron chi connectivity index (χ0n) is 15.9. The van der Waals surface area contributed by atoms with E-state index in [9.17, 15) is 4.79 Å². The Morgan fingerprint density at radius 1 is 1.12 bits per heavy atom. The fourth-order valence-corrected chi connectivity index (χ4v) is 4.13. The first-order chi connectivity index (χ1) is 12.8. The molecule has 2 aliphatic heterocycles. The number of methoxy groups -OCH3 is 1. The Labute approximate surface area is 157 Å². The summed E-state index contributed by atoms with van der Waals surface area (Å²) in [4.78, 5) is 16.7. The lowest BCUT2D eigenvalue weighted by Gasteiger charge is -2.33. The Bertz CT molecular complexity index is 543. The molecule has 2 heterocycles. The van der Waals surface area contributed by atoms with E-state index in [0.29, 0.717) is 12.6 Å². The summed E-state index contributed by atoms with van der Waals surface area (Å²) in [5, 5.41) is 0. The monoisotopic (exact) mass is 360 g/mol. The van der Waals surface area contributed by atoms with Crippen molar-refractivity contribution in [2.24, 2.45) is 5.92 Å². The second-order valence-electron chi connectivity index (χ2n) is 7.55. The summed E-state index contributed by atoms with van der Waals surface area (Å²) in [5.74, 6) is 0.719. The van der Waals surface area contributed by atoms with Crippen LogP contribution in [0.25, 0.3) is 0 Å². The average Bonchev–Trinajstić information content (AvgIpc) is 3.13. The lowest BCUT2D eigenvalue weighted by Crippen LogP contribution is -2.40. The highest BCUT2D eigenvalue weighted by atomic mass is 16.6. The number of hydrogen-bond acceptors (Lipinski definition) is 4. The molecule has 5 nitrogen and oxygen atoms in total. The molecule has 1 atom stereocenters. The summed E-state index contributed by atoms with van der Waals surface area (Å²) in [6, 6.07) is 10.5. The van der Waals surface area contributed by atoms with Crippen molar-refractivity contribution in [3.05, 3.63) is 35.9 Å². The Hall–Kier alpha value is -1.59. The van der Waals surface area contributed by atoms with E-state index in [1.54, 1.807) is 7.11 Å². The molecule has 0 aliphatic carbocycles. The third kappa shape index (κ3) is 5.45. The van der Waals surface area contributed by atoms with Gasteiger partial charge in [-0.2, -0.15) is 0 Å². The molecule has 2 fully saturated rings. The minimum absolute atomic E-state index is 0.174. The molecular formula is C21H32N2O3. The van der Waals surface area contributed by atoms with Crippen molar-refractivity contribution in [1.82, 2.24) is 9.80 Å². The summed E-state index contributed by atoms with van der Waals surface area (Å²) in [5.41, 5.74) is 1.03. The van der Waals surface area contributed by atoms with E-state index in [-0.39, 0.29) is 6.09 Å². The third-order valence-corrected chi connectivity index (χ3v) is 5.76. The van der Waals surface area contributed by atoms with E-state index in [1.165, 1.54) is 25.8 Å². The quantitative estimate of drug-likeness (QED) is 0.746. The first-order valence-corrected chi connectivity index (χ1v) is 9.95. The van der Waals surface area contributed by atoms with Crippen LogP contribution in [0.2, 0.25) is 0 Å². The molecule has 3 rings (SSSR count). The van der Waals surface area contributed by atoms with Crippen LogP contribution in [0.3, 0.4) is 0 Å². The van der Waals surface area contributed by atoms with E-state index in [0.717, 1.165) is 50.6 Å². The zero-order chi connectivity index (χ0) is 18.2. The molecule has 0 N–H and O–H groups in total. The maximum Gasteiger partial charge on any atom is 0.410 e. The van der Waals surface area contributed by atoms with Gasteiger partial charge in [-0.05, 0) is 56.7 Å². The predicted molar refractivity (Wildman–Crippen MR) is 102 cm³/mol. The molecule has 0 spiro atoms. The Morgan fingerprint density at radius 3 is 2.62 bits per heavy atom. The molecule has 0 saturated carbocycles. The fourth-order valence-electron chi connectivity index (χ4n) is 4.13. The SMILES string of the molecule is COCC1CCCN1CCC1CCN(C(=O)OCc2ccccc2)CC1. The van der Waals surface area contributed by atoms with E-state index >= 15 is 0 Å². The molecule has 0 aromatic heterocycles. The van der Waals surface area contributed by atoms with Crippen LogP contribution in [0.5, 0.6) is 0 Å². The van der Waals surface area contributed by atoms with Crippen molar-refractivity contribution in [1.29, 1.82) is 0 Å².